The van der Waals surface area contributed by atoms with Gasteiger partial charge >= 0.3 is 5.97 Å². The second-order valence-electron chi connectivity index (χ2n) is 13.3. The fourth-order valence-electron chi connectivity index (χ4n) is 6.79. The lowest BCUT2D eigenvalue weighted by molar-refractivity contribution is -0.143. The molecule has 0 unspecified atom stereocenters. The summed E-state index contributed by atoms with van der Waals surface area (Å²) in [4.78, 5) is 12.5. The molecule has 0 aromatic heterocycles. The van der Waals surface area contributed by atoms with Gasteiger partial charge in [-0.1, -0.05) is 190 Å². The molecule has 3 nitrogen and oxygen atoms in total. The molecule has 5 aromatic rings. The summed E-state index contributed by atoms with van der Waals surface area (Å²) in [6.07, 6.45) is 5.98. The van der Waals surface area contributed by atoms with Crippen molar-refractivity contribution < 1.29 is 14.0 Å². The van der Waals surface area contributed by atoms with Crippen LogP contribution in [0.3, 0.4) is 0 Å². The lowest BCUT2D eigenvalue weighted by atomic mass is 10.1. The quantitative estimate of drug-likeness (QED) is 0.0676. The number of allylic oxidation sites excluding steroid dienone is 1. The van der Waals surface area contributed by atoms with Crippen molar-refractivity contribution in [2.75, 3.05) is 6.61 Å². The molecule has 5 aromatic carbocycles. The Kier molecular flexibility index (Phi) is 12.5. The first-order valence-electron chi connectivity index (χ1n) is 17.3. The van der Waals surface area contributed by atoms with E-state index in [1.165, 1.54) is 26.3 Å². The Morgan fingerprint density at radius 1 is 0.673 bits per heavy atom. The molecule has 0 saturated heterocycles. The normalized spacial score (nSPS) is 12.8. The summed E-state index contributed by atoms with van der Waals surface area (Å²) in [5.74, 6) is 2.27. The van der Waals surface area contributed by atoms with Crippen LogP contribution in [0.1, 0.15) is 47.0 Å². The summed E-state index contributed by atoms with van der Waals surface area (Å²) in [5, 5.41) is 6.18. The van der Waals surface area contributed by atoms with Gasteiger partial charge in [-0.25, -0.2) is 0 Å². The van der Waals surface area contributed by atoms with Crippen molar-refractivity contribution >= 4 is 53.3 Å². The number of benzene rings is 5. The van der Waals surface area contributed by atoms with E-state index in [0.717, 1.165) is 0 Å². The van der Waals surface area contributed by atoms with E-state index < -0.39 is 15.2 Å². The molecule has 0 bridgehead atoms. The molecule has 0 radical (unpaired) electrons. The molecule has 252 valence electrons. The minimum Gasteiger partial charge on any atom is -0.466 e. The number of esters is 1. The van der Waals surface area contributed by atoms with Gasteiger partial charge in [-0.2, -0.15) is 0 Å². The highest BCUT2D eigenvalue weighted by atomic mass is 31.2. The average molecular weight is 685 g/mol. The lowest BCUT2D eigenvalue weighted by Gasteiger charge is -2.45. The SMILES string of the molecule is CCOC(=O)CCC[C@@H](/C=C/C=P(c1ccccc1)(c1ccccc1)c1ccccc1)O[Si](c1ccccc1)(c1ccccc1)C(C)(C)C. The highest BCUT2D eigenvalue weighted by Gasteiger charge is 2.51. The van der Waals surface area contributed by atoms with Crippen molar-refractivity contribution in [2.45, 2.75) is 58.1 Å². The highest BCUT2D eigenvalue weighted by Crippen LogP contribution is 2.44. The third kappa shape index (κ3) is 8.33. The number of ether oxygens (including phenoxy) is 1. The maximum absolute atomic E-state index is 12.5. The van der Waals surface area contributed by atoms with Crippen molar-refractivity contribution in [1.82, 2.24) is 0 Å². The smallest absolute Gasteiger partial charge is 0.305 e. The van der Waals surface area contributed by atoms with Crippen LogP contribution in [-0.2, 0) is 14.0 Å². The molecule has 0 aliphatic rings. The molecule has 0 heterocycles. The number of carbonyl (C=O) groups is 1. The molecule has 0 spiro atoms. The van der Waals surface area contributed by atoms with Gasteiger partial charge in [0.2, 0.25) is 0 Å². The zero-order valence-electron chi connectivity index (χ0n) is 29.2. The number of carbonyl (C=O) groups excluding carboxylic acids is 1. The molecular weight excluding hydrogens is 636 g/mol. The maximum atomic E-state index is 12.5. The van der Waals surface area contributed by atoms with Crippen molar-refractivity contribution in [3.8, 4) is 0 Å². The molecule has 0 N–H and O–H groups in total. The Morgan fingerprint density at radius 2 is 1.08 bits per heavy atom. The molecule has 0 aliphatic heterocycles. The fraction of sp³-hybridized carbons (Fsp3) is 0.227. The first kappa shape index (κ1) is 36.1. The minimum absolute atomic E-state index is 0.163. The summed E-state index contributed by atoms with van der Waals surface area (Å²) in [7, 11) is -2.86. The Bertz CT molecular complexity index is 1670. The van der Waals surface area contributed by atoms with Gasteiger partial charge in [-0.05, 0) is 58.0 Å². The third-order valence-corrected chi connectivity index (χ3v) is 18.1. The van der Waals surface area contributed by atoms with Crippen LogP contribution >= 0.6 is 6.89 Å². The number of rotatable bonds is 14. The molecule has 49 heavy (non-hydrogen) atoms. The minimum atomic E-state index is -2.86. The van der Waals surface area contributed by atoms with E-state index in [-0.39, 0.29) is 17.1 Å². The van der Waals surface area contributed by atoms with Crippen LogP contribution in [-0.4, -0.2) is 32.8 Å². The predicted octanol–water partition coefficient (Wildman–Crippen LogP) is 8.02. The highest BCUT2D eigenvalue weighted by molar-refractivity contribution is 7.94. The van der Waals surface area contributed by atoms with Gasteiger partial charge in [0, 0.05) is 6.42 Å². The van der Waals surface area contributed by atoms with Crippen molar-refractivity contribution in [2.24, 2.45) is 0 Å². The molecule has 0 aliphatic carbocycles. The average Bonchev–Trinajstić information content (AvgIpc) is 3.13. The second-order valence-corrected chi connectivity index (χ2v) is 20.8. The van der Waals surface area contributed by atoms with Crippen LogP contribution in [0, 0.1) is 0 Å². The van der Waals surface area contributed by atoms with E-state index in [0.29, 0.717) is 25.9 Å². The van der Waals surface area contributed by atoms with Gasteiger partial charge in [0.05, 0.1) is 12.7 Å². The third-order valence-electron chi connectivity index (χ3n) is 9.05. The predicted molar refractivity (Wildman–Crippen MR) is 213 cm³/mol. The van der Waals surface area contributed by atoms with Crippen LogP contribution in [0.15, 0.2) is 164 Å². The summed E-state index contributed by atoms with van der Waals surface area (Å²) in [5.41, 5.74) is 0. The Morgan fingerprint density at radius 3 is 1.47 bits per heavy atom. The van der Waals surface area contributed by atoms with Gasteiger partial charge in [0.25, 0.3) is 8.32 Å². The topological polar surface area (TPSA) is 35.5 Å². The first-order chi connectivity index (χ1) is 23.8. The van der Waals surface area contributed by atoms with Crippen molar-refractivity contribution in [3.63, 3.8) is 0 Å². The van der Waals surface area contributed by atoms with E-state index in [1.807, 2.05) is 6.92 Å². The largest absolute Gasteiger partial charge is 0.466 e. The second kappa shape index (κ2) is 16.9. The van der Waals surface area contributed by atoms with Crippen LogP contribution in [0.2, 0.25) is 5.04 Å². The summed E-state index contributed by atoms with van der Waals surface area (Å²) >= 11 is 0. The van der Waals surface area contributed by atoms with Crippen molar-refractivity contribution in [3.05, 3.63) is 164 Å². The monoisotopic (exact) mass is 684 g/mol. The van der Waals surface area contributed by atoms with Crippen LogP contribution < -0.4 is 26.3 Å². The Labute approximate surface area is 294 Å². The van der Waals surface area contributed by atoms with Gasteiger partial charge in [0.1, 0.15) is 0 Å². The standard InChI is InChI=1S/C44H49O3PSi/c1-5-46-43(45)35-21-23-37(47-49(44(2,3)4,41-31-17-9-18-32-41)42-33-19-10-20-34-42)24-22-36-48(38-25-11-6-12-26-38,39-27-13-7-14-28-39)40-29-15-8-16-30-40/h6-20,22,24-34,36-37H,5,21,23,35H2,1-4H3/b24-22+/t37-/m0/s1. The summed E-state index contributed by atoms with van der Waals surface area (Å²) in [6.45, 7) is 6.97. The van der Waals surface area contributed by atoms with Crippen LogP contribution in [0.5, 0.6) is 0 Å². The Hall–Kier alpha value is -4.21. The van der Waals surface area contributed by atoms with E-state index in [2.05, 4.69) is 190 Å². The Balaban J connectivity index is 1.68. The van der Waals surface area contributed by atoms with Gasteiger partial charge in [-0.15, -0.1) is 0 Å². The van der Waals surface area contributed by atoms with Crippen LogP contribution in [0.4, 0.5) is 0 Å². The number of hydrogen-bond donors (Lipinski definition) is 0. The van der Waals surface area contributed by atoms with E-state index in [4.69, 9.17) is 9.16 Å². The van der Waals surface area contributed by atoms with Gasteiger partial charge in [0.15, 0.2) is 0 Å². The summed E-state index contributed by atoms with van der Waals surface area (Å²) < 4.78 is 12.9. The van der Waals surface area contributed by atoms with Gasteiger partial charge < -0.3 is 9.16 Å². The van der Waals surface area contributed by atoms with Crippen LogP contribution in [0.25, 0.3) is 0 Å². The van der Waals surface area contributed by atoms with E-state index >= 15 is 0 Å². The molecule has 5 rings (SSSR count). The molecule has 5 heteroatoms. The van der Waals surface area contributed by atoms with E-state index in [1.54, 1.807) is 0 Å². The van der Waals surface area contributed by atoms with Crippen molar-refractivity contribution in [1.29, 1.82) is 0 Å². The van der Waals surface area contributed by atoms with E-state index in [9.17, 15) is 4.79 Å². The first-order valence-corrected chi connectivity index (χ1v) is 21.1. The zero-order valence-corrected chi connectivity index (χ0v) is 31.1. The lowest BCUT2D eigenvalue weighted by Crippen LogP contribution is -2.67. The molecule has 1 atom stereocenters. The number of hydrogen-bond acceptors (Lipinski definition) is 3. The fourth-order valence-corrected chi connectivity index (χ4v) is 15.2. The molecular formula is C44H49O3PSi. The molecule has 0 fully saturated rings. The molecule has 0 saturated carbocycles. The zero-order chi connectivity index (χ0) is 34.6. The summed E-state index contributed by atoms with van der Waals surface area (Å²) in [6, 6.07) is 54.2. The van der Waals surface area contributed by atoms with Gasteiger partial charge in [-0.3, -0.25) is 4.79 Å². The molecule has 0 amide bonds. The maximum Gasteiger partial charge on any atom is 0.305 e.